The second-order valence-corrected chi connectivity index (χ2v) is 9.95. The van der Waals surface area contributed by atoms with E-state index in [0.29, 0.717) is 43.8 Å². The Balaban J connectivity index is 1.25. The number of halogens is 7. The number of aliphatic hydroxyl groups excluding tert-OH is 1. The molecule has 1 atom stereocenters. The van der Waals surface area contributed by atoms with Crippen LogP contribution in [0.5, 0.6) is 11.5 Å². The first-order valence-corrected chi connectivity index (χ1v) is 13.1. The number of ether oxygens (including phenoxy) is 2. The van der Waals surface area contributed by atoms with E-state index in [9.17, 15) is 41.6 Å². The largest absolute Gasteiger partial charge is 0.491 e. The second kappa shape index (κ2) is 12.7. The molecular formula is C26H25ClF6N4O5. The average Bonchev–Trinajstić information content (AvgIpc) is 3.31. The molecule has 1 aliphatic heterocycles. The van der Waals surface area contributed by atoms with E-state index in [1.807, 2.05) is 4.90 Å². The molecule has 0 amide bonds. The Labute approximate surface area is 240 Å². The number of rotatable bonds is 10. The van der Waals surface area contributed by atoms with E-state index < -0.39 is 52.2 Å². The molecule has 4 rings (SSSR count). The van der Waals surface area contributed by atoms with Crippen molar-refractivity contribution in [1.82, 2.24) is 9.55 Å². The summed E-state index contributed by atoms with van der Waals surface area (Å²) < 4.78 is 91.3. The highest BCUT2D eigenvalue weighted by molar-refractivity contribution is 6.28. The minimum absolute atomic E-state index is 0.0396. The van der Waals surface area contributed by atoms with Gasteiger partial charge in [-0.25, -0.2) is 0 Å². The van der Waals surface area contributed by atoms with Crippen molar-refractivity contribution in [2.24, 2.45) is 0 Å². The predicted octanol–water partition coefficient (Wildman–Crippen LogP) is 6.36. The van der Waals surface area contributed by atoms with Crippen LogP contribution in [0.1, 0.15) is 30.4 Å². The van der Waals surface area contributed by atoms with Crippen LogP contribution < -0.4 is 14.4 Å². The van der Waals surface area contributed by atoms with Crippen molar-refractivity contribution in [2.75, 3.05) is 24.6 Å². The second-order valence-electron chi connectivity index (χ2n) is 9.61. The Hall–Kier alpha value is -3.72. The van der Waals surface area contributed by atoms with Crippen molar-refractivity contribution in [2.45, 2.75) is 50.4 Å². The molecule has 0 aliphatic carbocycles. The van der Waals surface area contributed by atoms with Crippen molar-refractivity contribution in [3.05, 3.63) is 75.2 Å². The molecule has 1 unspecified atom stereocenters. The first kappa shape index (κ1) is 31.2. The lowest BCUT2D eigenvalue weighted by Gasteiger charge is -2.34. The van der Waals surface area contributed by atoms with E-state index in [2.05, 4.69) is 4.98 Å². The molecule has 2 heterocycles. The van der Waals surface area contributed by atoms with E-state index in [-0.39, 0.29) is 30.9 Å². The van der Waals surface area contributed by atoms with Crippen molar-refractivity contribution in [3.8, 4) is 11.5 Å². The summed E-state index contributed by atoms with van der Waals surface area (Å²) in [6.07, 6.45) is -9.19. The smallest absolute Gasteiger partial charge is 0.416 e. The number of aliphatic hydroxyl groups is 1. The van der Waals surface area contributed by atoms with Crippen LogP contribution in [0.4, 0.5) is 37.8 Å². The maximum atomic E-state index is 13.1. The highest BCUT2D eigenvalue weighted by atomic mass is 35.5. The van der Waals surface area contributed by atoms with Crippen LogP contribution in [-0.4, -0.2) is 51.5 Å². The van der Waals surface area contributed by atoms with Crippen molar-refractivity contribution in [3.63, 3.8) is 0 Å². The fourth-order valence-corrected chi connectivity index (χ4v) is 4.58. The molecule has 1 aliphatic rings. The molecule has 228 valence electrons. The monoisotopic (exact) mass is 622 g/mol. The molecule has 1 aromatic heterocycles. The van der Waals surface area contributed by atoms with Crippen molar-refractivity contribution < 1.29 is 45.8 Å². The molecule has 0 radical (unpaired) electrons. The summed E-state index contributed by atoms with van der Waals surface area (Å²) in [5.41, 5.74) is -2.02. The number of hydrogen-bond acceptors (Lipinski definition) is 7. The summed E-state index contributed by atoms with van der Waals surface area (Å²) in [6.45, 7) is 1.08. The molecule has 1 fully saturated rings. The summed E-state index contributed by atoms with van der Waals surface area (Å²) in [4.78, 5) is 15.7. The molecule has 3 aromatic rings. The lowest BCUT2D eigenvalue weighted by atomic mass is 10.1. The number of nitro groups is 1. The van der Waals surface area contributed by atoms with Crippen molar-refractivity contribution >= 4 is 23.1 Å². The number of alkyl halides is 6. The minimum atomic E-state index is -4.95. The molecule has 9 nitrogen and oxygen atoms in total. The van der Waals surface area contributed by atoms with Gasteiger partial charge in [0.25, 0.3) is 0 Å². The number of benzene rings is 2. The first-order valence-electron chi connectivity index (χ1n) is 12.7. The van der Waals surface area contributed by atoms with Gasteiger partial charge < -0.3 is 29.6 Å². The van der Waals surface area contributed by atoms with Gasteiger partial charge in [-0.05, 0) is 70.4 Å². The molecule has 1 saturated heterocycles. The van der Waals surface area contributed by atoms with Crippen LogP contribution in [0, 0.1) is 10.1 Å². The molecule has 0 spiro atoms. The van der Waals surface area contributed by atoms with Gasteiger partial charge in [0.1, 0.15) is 30.4 Å². The lowest BCUT2D eigenvalue weighted by molar-refractivity contribution is -0.389. The maximum absolute atomic E-state index is 13.1. The third-order valence-corrected chi connectivity index (χ3v) is 6.86. The lowest BCUT2D eigenvalue weighted by Crippen LogP contribution is -2.38. The molecular weight excluding hydrogens is 598 g/mol. The highest BCUT2D eigenvalue weighted by Gasteiger charge is 2.37. The summed E-state index contributed by atoms with van der Waals surface area (Å²) in [6, 6.07) is 8.19. The fourth-order valence-electron chi connectivity index (χ4n) is 4.36. The average molecular weight is 623 g/mol. The zero-order valence-corrected chi connectivity index (χ0v) is 22.5. The maximum Gasteiger partial charge on any atom is 0.416 e. The van der Waals surface area contributed by atoms with E-state index >= 15 is 0 Å². The zero-order valence-electron chi connectivity index (χ0n) is 21.7. The molecule has 2 aromatic carbocycles. The van der Waals surface area contributed by atoms with Crippen LogP contribution in [0.2, 0.25) is 5.28 Å². The Morgan fingerprint density at radius 3 is 2.14 bits per heavy atom. The topological polar surface area (TPSA) is 103 Å². The molecule has 0 bridgehead atoms. The van der Waals surface area contributed by atoms with Crippen LogP contribution in [0.25, 0.3) is 0 Å². The van der Waals surface area contributed by atoms with Crippen LogP contribution in [0.3, 0.4) is 0 Å². The van der Waals surface area contributed by atoms with Gasteiger partial charge in [0.15, 0.2) is 0 Å². The predicted molar refractivity (Wildman–Crippen MR) is 139 cm³/mol. The van der Waals surface area contributed by atoms with Gasteiger partial charge in [0.05, 0.1) is 17.2 Å². The number of imidazole rings is 1. The van der Waals surface area contributed by atoms with Crippen LogP contribution in [-0.2, 0) is 18.9 Å². The van der Waals surface area contributed by atoms with Gasteiger partial charge >= 0.3 is 23.5 Å². The van der Waals surface area contributed by atoms with Gasteiger partial charge in [-0.3, -0.25) is 4.57 Å². The highest BCUT2D eigenvalue weighted by Crippen LogP contribution is 2.39. The Bertz CT molecular complexity index is 1340. The van der Waals surface area contributed by atoms with Gasteiger partial charge in [0.2, 0.25) is 0 Å². The number of hydrogen-bond donors (Lipinski definition) is 1. The van der Waals surface area contributed by atoms with Gasteiger partial charge in [0, 0.05) is 38.2 Å². The third kappa shape index (κ3) is 8.18. The minimum Gasteiger partial charge on any atom is -0.491 e. The summed E-state index contributed by atoms with van der Waals surface area (Å²) in [5, 5.41) is 20.9. The first-order chi connectivity index (χ1) is 19.7. The third-order valence-electron chi connectivity index (χ3n) is 6.56. The molecule has 1 N–H and O–H groups in total. The van der Waals surface area contributed by atoms with Gasteiger partial charge in [-0.15, -0.1) is 0 Å². The molecule has 42 heavy (non-hydrogen) atoms. The van der Waals surface area contributed by atoms with Gasteiger partial charge in [-0.1, -0.05) is 0 Å². The Kier molecular flexibility index (Phi) is 9.40. The number of anilines is 1. The van der Waals surface area contributed by atoms with E-state index in [4.69, 9.17) is 21.1 Å². The molecule has 0 saturated carbocycles. The number of nitrogens with zero attached hydrogens (tertiary/aromatic N) is 4. The normalized spacial score (nSPS) is 15.5. The van der Waals surface area contributed by atoms with Crippen LogP contribution in [0.15, 0.2) is 48.7 Å². The number of aryl methyl sites for hydroxylation is 1. The van der Waals surface area contributed by atoms with E-state index in [1.165, 1.54) is 10.8 Å². The number of aromatic nitrogens is 2. The zero-order chi connectivity index (χ0) is 30.7. The Morgan fingerprint density at radius 2 is 1.62 bits per heavy atom. The standard InChI is InChI=1S/C26H25ClF6N4O5/c27-24-34-23(37(39)40)14-36(24)8-5-19(38)15-41-20-3-1-18(2-4-20)35-9-6-21(7-10-35)42-22-12-16(25(28,29)30)11-17(13-22)26(31,32)33/h1-4,11-14,19,21,38H,5-10,15H2. The fraction of sp³-hybridized carbons (Fsp3) is 0.423. The van der Waals surface area contributed by atoms with Crippen LogP contribution >= 0.6 is 11.6 Å². The van der Waals surface area contributed by atoms with Crippen molar-refractivity contribution in [1.29, 1.82) is 0 Å². The van der Waals surface area contributed by atoms with E-state index in [1.54, 1.807) is 24.3 Å². The quantitative estimate of drug-likeness (QED) is 0.159. The van der Waals surface area contributed by atoms with E-state index in [0.717, 1.165) is 5.69 Å². The summed E-state index contributed by atoms with van der Waals surface area (Å²) >= 11 is 5.86. The number of piperidine rings is 1. The van der Waals surface area contributed by atoms with Gasteiger partial charge in [-0.2, -0.15) is 26.3 Å². The SMILES string of the molecule is O=[N+]([O-])c1cn(CCC(O)COc2ccc(N3CCC(Oc4cc(C(F)(F)F)cc(C(F)(F)F)c4)CC3)cc2)c(Cl)n1. The summed E-state index contributed by atoms with van der Waals surface area (Å²) in [7, 11) is 0. The molecule has 16 heteroatoms. The Morgan fingerprint density at radius 1 is 1.02 bits per heavy atom. The summed E-state index contributed by atoms with van der Waals surface area (Å²) in [5.74, 6) is -0.385.